The average molecular weight is 379 g/mol. The van der Waals surface area contributed by atoms with Crippen LogP contribution in [-0.2, 0) is 0 Å². The van der Waals surface area contributed by atoms with Crippen molar-refractivity contribution in [1.82, 2.24) is 24.7 Å². The van der Waals surface area contributed by atoms with Crippen LogP contribution in [0.2, 0.25) is 0 Å². The molecular formula is C23H17N5O. The van der Waals surface area contributed by atoms with E-state index in [2.05, 4.69) is 15.2 Å². The predicted octanol–water partition coefficient (Wildman–Crippen LogP) is 4.14. The van der Waals surface area contributed by atoms with Crippen LogP contribution in [0.15, 0.2) is 71.9 Å². The molecule has 6 nitrogen and oxygen atoms in total. The number of aryl methyl sites for hydroxylation is 1. The summed E-state index contributed by atoms with van der Waals surface area (Å²) in [6.07, 6.45) is 8.82. The van der Waals surface area contributed by atoms with Crippen LogP contribution in [0.5, 0.6) is 0 Å². The van der Waals surface area contributed by atoms with Crippen molar-refractivity contribution in [3.8, 4) is 5.69 Å². The van der Waals surface area contributed by atoms with Crippen LogP contribution < -0.4 is 5.56 Å². The second kappa shape index (κ2) is 6.83. The number of H-pyrrole nitrogens is 1. The smallest absolute Gasteiger partial charge is 0.266 e. The molecule has 3 aromatic heterocycles. The van der Waals surface area contributed by atoms with Crippen molar-refractivity contribution < 1.29 is 0 Å². The number of benzene rings is 2. The van der Waals surface area contributed by atoms with Crippen LogP contribution in [0.3, 0.4) is 0 Å². The highest BCUT2D eigenvalue weighted by Gasteiger charge is 2.12. The van der Waals surface area contributed by atoms with Gasteiger partial charge in [-0.25, -0.2) is 4.98 Å². The van der Waals surface area contributed by atoms with Gasteiger partial charge in [-0.15, -0.1) is 0 Å². The fourth-order valence-corrected chi connectivity index (χ4v) is 3.51. The van der Waals surface area contributed by atoms with E-state index in [4.69, 9.17) is 4.98 Å². The number of rotatable bonds is 3. The number of aromatic amines is 1. The molecule has 0 atom stereocenters. The van der Waals surface area contributed by atoms with E-state index in [9.17, 15) is 4.79 Å². The van der Waals surface area contributed by atoms with Gasteiger partial charge >= 0.3 is 0 Å². The van der Waals surface area contributed by atoms with Crippen LogP contribution in [0.4, 0.5) is 0 Å². The summed E-state index contributed by atoms with van der Waals surface area (Å²) in [5, 5.41) is 8.70. The summed E-state index contributed by atoms with van der Waals surface area (Å²) >= 11 is 0. The summed E-state index contributed by atoms with van der Waals surface area (Å²) in [6.45, 7) is 1.98. The maximum atomic E-state index is 13.3. The molecule has 0 saturated heterocycles. The Bertz CT molecular complexity index is 1440. The molecule has 0 aliphatic rings. The first kappa shape index (κ1) is 17.1. The molecular weight excluding hydrogens is 362 g/mol. The van der Waals surface area contributed by atoms with Crippen molar-refractivity contribution in [3.63, 3.8) is 0 Å². The first-order valence-electron chi connectivity index (χ1n) is 9.25. The van der Waals surface area contributed by atoms with Gasteiger partial charge in [0.25, 0.3) is 5.56 Å². The molecule has 5 rings (SSSR count). The Morgan fingerprint density at radius 2 is 1.90 bits per heavy atom. The number of pyridine rings is 1. The zero-order valence-electron chi connectivity index (χ0n) is 15.7. The fourth-order valence-electron chi connectivity index (χ4n) is 3.51. The first-order valence-corrected chi connectivity index (χ1v) is 9.25. The molecule has 0 unspecified atom stereocenters. The van der Waals surface area contributed by atoms with Crippen LogP contribution in [0.25, 0.3) is 39.6 Å². The lowest BCUT2D eigenvalue weighted by Gasteiger charge is -2.13. The third kappa shape index (κ3) is 2.91. The van der Waals surface area contributed by atoms with Crippen molar-refractivity contribution in [2.24, 2.45) is 0 Å². The Labute approximate surface area is 166 Å². The van der Waals surface area contributed by atoms with Gasteiger partial charge in [0.2, 0.25) is 0 Å². The normalized spacial score (nSPS) is 11.6. The lowest BCUT2D eigenvalue weighted by molar-refractivity contribution is 0.933. The summed E-state index contributed by atoms with van der Waals surface area (Å²) in [5.74, 6) is 0.543. The highest BCUT2D eigenvalue weighted by molar-refractivity contribution is 5.89. The van der Waals surface area contributed by atoms with Gasteiger partial charge in [-0.1, -0.05) is 36.4 Å². The number of hydrogen-bond acceptors (Lipinski definition) is 4. The number of nitrogens with zero attached hydrogens (tertiary/aromatic N) is 4. The van der Waals surface area contributed by atoms with Crippen molar-refractivity contribution in [3.05, 3.63) is 94.4 Å². The van der Waals surface area contributed by atoms with Crippen LogP contribution in [0.1, 0.15) is 17.0 Å². The summed E-state index contributed by atoms with van der Waals surface area (Å²) in [6, 6.07) is 15.5. The Hall–Kier alpha value is -4.06. The van der Waals surface area contributed by atoms with Gasteiger partial charge in [0.1, 0.15) is 5.82 Å². The van der Waals surface area contributed by atoms with Crippen molar-refractivity contribution >= 4 is 34.0 Å². The van der Waals surface area contributed by atoms with Gasteiger partial charge in [0.15, 0.2) is 0 Å². The van der Waals surface area contributed by atoms with E-state index in [0.717, 1.165) is 27.7 Å². The van der Waals surface area contributed by atoms with E-state index in [0.29, 0.717) is 16.7 Å². The molecule has 0 aliphatic heterocycles. The largest absolute Gasteiger partial charge is 0.277 e. The molecule has 1 N–H and O–H groups in total. The Balaban J connectivity index is 1.76. The predicted molar refractivity (Wildman–Crippen MR) is 115 cm³/mol. The molecule has 0 bridgehead atoms. The van der Waals surface area contributed by atoms with Gasteiger partial charge < -0.3 is 0 Å². The molecule has 0 radical (unpaired) electrons. The van der Waals surface area contributed by atoms with Gasteiger partial charge in [0, 0.05) is 17.1 Å². The molecule has 2 aromatic carbocycles. The average Bonchev–Trinajstić information content (AvgIpc) is 3.23. The van der Waals surface area contributed by atoms with Crippen LogP contribution in [-0.4, -0.2) is 24.7 Å². The van der Waals surface area contributed by atoms with E-state index in [1.165, 1.54) is 0 Å². The van der Waals surface area contributed by atoms with Crippen molar-refractivity contribution in [1.29, 1.82) is 0 Å². The third-order valence-corrected chi connectivity index (χ3v) is 4.97. The van der Waals surface area contributed by atoms with Gasteiger partial charge in [-0.05, 0) is 36.8 Å². The number of hydrogen-bond donors (Lipinski definition) is 1. The Morgan fingerprint density at radius 1 is 1.00 bits per heavy atom. The van der Waals surface area contributed by atoms with E-state index in [1.807, 2.05) is 61.5 Å². The zero-order valence-corrected chi connectivity index (χ0v) is 15.7. The fraction of sp³-hybridized carbons (Fsp3) is 0.0435. The summed E-state index contributed by atoms with van der Waals surface area (Å²) in [7, 11) is 0. The minimum atomic E-state index is -0.119. The van der Waals surface area contributed by atoms with Crippen molar-refractivity contribution in [2.45, 2.75) is 6.92 Å². The monoisotopic (exact) mass is 379 g/mol. The van der Waals surface area contributed by atoms with E-state index in [-0.39, 0.29) is 5.56 Å². The van der Waals surface area contributed by atoms with Gasteiger partial charge in [0.05, 0.1) is 34.5 Å². The lowest BCUT2D eigenvalue weighted by atomic mass is 10.1. The maximum absolute atomic E-state index is 13.3. The first-order chi connectivity index (χ1) is 14.2. The standard InChI is InChI=1S/C23H17N5O/c1-15-5-2-3-8-20(15)28-21(26-19-14-24-12-11-18(19)23(28)29)10-9-16-6-4-7-17-13-25-27-22(16)17/h2-14H,1H3,(H,25,27). The highest BCUT2D eigenvalue weighted by atomic mass is 16.1. The maximum Gasteiger partial charge on any atom is 0.266 e. The second-order valence-corrected chi connectivity index (χ2v) is 6.80. The molecule has 0 amide bonds. The van der Waals surface area contributed by atoms with Crippen LogP contribution in [0, 0.1) is 6.92 Å². The number of aromatic nitrogens is 5. The van der Waals surface area contributed by atoms with Gasteiger partial charge in [-0.3, -0.25) is 19.4 Å². The van der Waals surface area contributed by atoms with Crippen molar-refractivity contribution in [2.75, 3.05) is 0 Å². The second-order valence-electron chi connectivity index (χ2n) is 6.80. The molecule has 3 heterocycles. The zero-order chi connectivity index (χ0) is 19.8. The summed E-state index contributed by atoms with van der Waals surface area (Å²) in [5.41, 5.74) is 4.17. The molecule has 29 heavy (non-hydrogen) atoms. The number of nitrogens with one attached hydrogen (secondary N) is 1. The Kier molecular flexibility index (Phi) is 4.02. The Morgan fingerprint density at radius 3 is 2.79 bits per heavy atom. The third-order valence-electron chi connectivity index (χ3n) is 4.97. The summed E-state index contributed by atoms with van der Waals surface area (Å²) in [4.78, 5) is 22.2. The minimum Gasteiger partial charge on any atom is -0.277 e. The molecule has 6 heteroatoms. The molecule has 140 valence electrons. The molecule has 0 spiro atoms. The number of para-hydroxylation sites is 2. The van der Waals surface area contributed by atoms with Crippen LogP contribution >= 0.6 is 0 Å². The molecule has 5 aromatic rings. The van der Waals surface area contributed by atoms with E-state index < -0.39 is 0 Å². The minimum absolute atomic E-state index is 0.119. The quantitative estimate of drug-likeness (QED) is 0.511. The van der Waals surface area contributed by atoms with E-state index in [1.54, 1.807) is 29.2 Å². The highest BCUT2D eigenvalue weighted by Crippen LogP contribution is 2.20. The number of fused-ring (bicyclic) bond motifs is 2. The summed E-state index contributed by atoms with van der Waals surface area (Å²) < 4.78 is 1.65. The topological polar surface area (TPSA) is 76.5 Å². The lowest BCUT2D eigenvalue weighted by Crippen LogP contribution is -2.23. The molecule has 0 saturated carbocycles. The van der Waals surface area contributed by atoms with Gasteiger partial charge in [-0.2, -0.15) is 5.10 Å². The molecule has 0 fully saturated rings. The molecule has 0 aliphatic carbocycles. The SMILES string of the molecule is Cc1ccccc1-n1c(C=Cc2cccc3cn[nH]c23)nc2cnccc2c1=O. The van der Waals surface area contributed by atoms with E-state index >= 15 is 0 Å².